The van der Waals surface area contributed by atoms with E-state index in [1.165, 1.54) is 11.0 Å². The molecule has 50 valence electrons. The highest BCUT2D eigenvalue weighted by Crippen LogP contribution is 2.05. The lowest BCUT2D eigenvalue weighted by Crippen LogP contribution is -2.37. The summed E-state index contributed by atoms with van der Waals surface area (Å²) in [5.41, 5.74) is 0. The van der Waals surface area contributed by atoms with Gasteiger partial charge in [0.2, 0.25) is 5.91 Å². The Labute approximate surface area is 53.6 Å². The van der Waals surface area contributed by atoms with Crippen LogP contribution in [0.1, 0.15) is 6.42 Å². The van der Waals surface area contributed by atoms with Gasteiger partial charge in [0.1, 0.15) is 6.23 Å². The first kappa shape index (κ1) is 6.29. The van der Waals surface area contributed by atoms with Crippen LogP contribution in [-0.4, -0.2) is 29.2 Å². The van der Waals surface area contributed by atoms with Gasteiger partial charge in [-0.05, 0) is 6.08 Å². The van der Waals surface area contributed by atoms with Crippen LogP contribution in [0.25, 0.3) is 0 Å². The van der Waals surface area contributed by atoms with Crippen molar-refractivity contribution in [3.63, 3.8) is 0 Å². The van der Waals surface area contributed by atoms with Crippen LogP contribution in [0.4, 0.5) is 0 Å². The van der Waals surface area contributed by atoms with E-state index in [9.17, 15) is 4.79 Å². The molecule has 0 spiro atoms. The summed E-state index contributed by atoms with van der Waals surface area (Å²) in [6.07, 6.45) is 3.06. The van der Waals surface area contributed by atoms with Gasteiger partial charge in [-0.3, -0.25) is 4.79 Å². The van der Waals surface area contributed by atoms with Gasteiger partial charge in [-0.2, -0.15) is 0 Å². The Morgan fingerprint density at radius 3 is 3.00 bits per heavy atom. The molecule has 1 unspecified atom stereocenters. The third-order valence-electron chi connectivity index (χ3n) is 1.40. The van der Waals surface area contributed by atoms with E-state index in [-0.39, 0.29) is 5.91 Å². The molecule has 1 N–H and O–H groups in total. The zero-order valence-corrected chi connectivity index (χ0v) is 5.24. The number of hydrogen-bond acceptors (Lipinski definition) is 2. The second kappa shape index (κ2) is 2.19. The van der Waals surface area contributed by atoms with Crippen molar-refractivity contribution >= 4 is 5.91 Å². The first-order valence-electron chi connectivity index (χ1n) is 2.83. The number of nitrogens with zero attached hydrogens (tertiary/aromatic N) is 1. The van der Waals surface area contributed by atoms with Crippen LogP contribution in [0, 0.1) is 0 Å². The molecule has 0 aromatic carbocycles. The fourth-order valence-electron chi connectivity index (χ4n) is 0.713. The van der Waals surface area contributed by atoms with Crippen molar-refractivity contribution in [2.45, 2.75) is 12.6 Å². The minimum atomic E-state index is -0.623. The Bertz CT molecular complexity index is 153. The maximum absolute atomic E-state index is 10.7. The van der Waals surface area contributed by atoms with E-state index < -0.39 is 6.23 Å². The standard InChI is InChI=1S/C6H9NO2/c1-7-5(8)3-2-4-6(7)9/h2-3,6,9H,4H2,1H3. The molecule has 1 heterocycles. The molecule has 0 bridgehead atoms. The molecule has 1 aliphatic heterocycles. The monoisotopic (exact) mass is 127 g/mol. The second-order valence-corrected chi connectivity index (χ2v) is 2.07. The van der Waals surface area contributed by atoms with E-state index in [1.807, 2.05) is 0 Å². The molecule has 0 aromatic heterocycles. The summed E-state index contributed by atoms with van der Waals surface area (Å²) >= 11 is 0. The fourth-order valence-corrected chi connectivity index (χ4v) is 0.713. The van der Waals surface area contributed by atoms with Crippen molar-refractivity contribution in [1.82, 2.24) is 4.90 Å². The fraction of sp³-hybridized carbons (Fsp3) is 0.500. The van der Waals surface area contributed by atoms with Crippen LogP contribution in [0.5, 0.6) is 0 Å². The van der Waals surface area contributed by atoms with Gasteiger partial charge in [-0.15, -0.1) is 0 Å². The molecule has 1 aliphatic rings. The van der Waals surface area contributed by atoms with Crippen molar-refractivity contribution in [2.24, 2.45) is 0 Å². The van der Waals surface area contributed by atoms with Gasteiger partial charge in [-0.1, -0.05) is 6.08 Å². The Kier molecular flexibility index (Phi) is 1.53. The predicted octanol–water partition coefficient (Wildman–Crippen LogP) is -0.277. The Morgan fingerprint density at radius 2 is 2.56 bits per heavy atom. The van der Waals surface area contributed by atoms with E-state index in [0.717, 1.165) is 0 Å². The number of carbonyl (C=O) groups excluding carboxylic acids is 1. The second-order valence-electron chi connectivity index (χ2n) is 2.07. The third-order valence-corrected chi connectivity index (χ3v) is 1.40. The number of aliphatic hydroxyl groups excluding tert-OH is 1. The zero-order valence-electron chi connectivity index (χ0n) is 5.24. The Balaban J connectivity index is 2.69. The minimum absolute atomic E-state index is 0.131. The van der Waals surface area contributed by atoms with Crippen LogP contribution >= 0.6 is 0 Å². The normalized spacial score (nSPS) is 27.1. The molecule has 1 atom stereocenters. The molecule has 0 fully saturated rings. The molecular formula is C6H9NO2. The first-order valence-corrected chi connectivity index (χ1v) is 2.83. The lowest BCUT2D eigenvalue weighted by Gasteiger charge is -2.23. The number of likely N-dealkylation sites (N-methyl/N-ethyl adjacent to an activating group) is 1. The molecule has 0 aromatic rings. The van der Waals surface area contributed by atoms with Crippen LogP contribution in [-0.2, 0) is 4.79 Å². The third kappa shape index (κ3) is 1.10. The van der Waals surface area contributed by atoms with Crippen molar-refractivity contribution in [3.8, 4) is 0 Å². The summed E-state index contributed by atoms with van der Waals surface area (Å²) in [7, 11) is 1.58. The molecule has 0 saturated carbocycles. The van der Waals surface area contributed by atoms with Gasteiger partial charge in [0, 0.05) is 13.5 Å². The van der Waals surface area contributed by atoms with E-state index in [0.29, 0.717) is 6.42 Å². The summed E-state index contributed by atoms with van der Waals surface area (Å²) in [6, 6.07) is 0. The molecule has 0 radical (unpaired) electrons. The number of aliphatic hydroxyl groups is 1. The quantitative estimate of drug-likeness (QED) is 0.486. The average Bonchev–Trinajstić information content (AvgIpc) is 1.83. The first-order chi connectivity index (χ1) is 4.22. The average molecular weight is 127 g/mol. The van der Waals surface area contributed by atoms with Gasteiger partial charge in [-0.25, -0.2) is 0 Å². The summed E-state index contributed by atoms with van der Waals surface area (Å²) in [5, 5.41) is 9.00. The number of amides is 1. The minimum Gasteiger partial charge on any atom is -0.373 e. The number of hydrogen-bond donors (Lipinski definition) is 1. The van der Waals surface area contributed by atoms with E-state index in [1.54, 1.807) is 13.1 Å². The van der Waals surface area contributed by atoms with E-state index in [4.69, 9.17) is 5.11 Å². The molecule has 0 aliphatic carbocycles. The zero-order chi connectivity index (χ0) is 6.85. The van der Waals surface area contributed by atoms with Gasteiger partial charge in [0.05, 0.1) is 0 Å². The van der Waals surface area contributed by atoms with Crippen molar-refractivity contribution in [2.75, 3.05) is 7.05 Å². The topological polar surface area (TPSA) is 40.5 Å². The summed E-state index contributed by atoms with van der Waals surface area (Å²) in [4.78, 5) is 12.0. The van der Waals surface area contributed by atoms with Crippen LogP contribution in [0.2, 0.25) is 0 Å². The van der Waals surface area contributed by atoms with Gasteiger partial charge in [0.15, 0.2) is 0 Å². The lowest BCUT2D eigenvalue weighted by molar-refractivity contribution is -0.134. The molecule has 1 rings (SSSR count). The number of rotatable bonds is 0. The maximum atomic E-state index is 10.7. The van der Waals surface area contributed by atoms with Crippen molar-refractivity contribution in [1.29, 1.82) is 0 Å². The summed E-state index contributed by atoms with van der Waals surface area (Å²) in [5.74, 6) is -0.131. The van der Waals surface area contributed by atoms with Crippen molar-refractivity contribution in [3.05, 3.63) is 12.2 Å². The highest BCUT2D eigenvalue weighted by Gasteiger charge is 2.16. The van der Waals surface area contributed by atoms with Crippen molar-refractivity contribution < 1.29 is 9.90 Å². The van der Waals surface area contributed by atoms with E-state index >= 15 is 0 Å². The van der Waals surface area contributed by atoms with Crippen LogP contribution < -0.4 is 0 Å². The molecule has 9 heavy (non-hydrogen) atoms. The van der Waals surface area contributed by atoms with Gasteiger partial charge < -0.3 is 10.0 Å². The maximum Gasteiger partial charge on any atom is 0.248 e. The highest BCUT2D eigenvalue weighted by molar-refractivity contribution is 5.88. The Morgan fingerprint density at radius 1 is 1.89 bits per heavy atom. The van der Waals surface area contributed by atoms with E-state index in [2.05, 4.69) is 0 Å². The lowest BCUT2D eigenvalue weighted by atomic mass is 10.2. The van der Waals surface area contributed by atoms with Gasteiger partial charge >= 0.3 is 0 Å². The molecule has 0 saturated heterocycles. The smallest absolute Gasteiger partial charge is 0.248 e. The molecular weight excluding hydrogens is 118 g/mol. The van der Waals surface area contributed by atoms with Crippen LogP contribution in [0.3, 0.4) is 0 Å². The molecule has 1 amide bonds. The van der Waals surface area contributed by atoms with Crippen LogP contribution in [0.15, 0.2) is 12.2 Å². The molecule has 3 heteroatoms. The number of carbonyl (C=O) groups is 1. The summed E-state index contributed by atoms with van der Waals surface area (Å²) in [6.45, 7) is 0. The van der Waals surface area contributed by atoms with Gasteiger partial charge in [0.25, 0.3) is 0 Å². The predicted molar refractivity (Wildman–Crippen MR) is 32.5 cm³/mol. The largest absolute Gasteiger partial charge is 0.373 e. The molecule has 3 nitrogen and oxygen atoms in total. The summed E-state index contributed by atoms with van der Waals surface area (Å²) < 4.78 is 0. The Hall–Kier alpha value is -0.830. The highest BCUT2D eigenvalue weighted by atomic mass is 16.3. The SMILES string of the molecule is CN1C(=O)C=CCC1O.